The fourth-order valence-corrected chi connectivity index (χ4v) is 2.91. The highest BCUT2D eigenvalue weighted by molar-refractivity contribution is 14.0. The van der Waals surface area contributed by atoms with Gasteiger partial charge in [0.05, 0.1) is 10.7 Å². The van der Waals surface area contributed by atoms with E-state index in [-0.39, 0.29) is 24.0 Å². The third-order valence-electron chi connectivity index (χ3n) is 3.22. The van der Waals surface area contributed by atoms with Crippen LogP contribution < -0.4 is 5.73 Å². The zero-order valence-electron chi connectivity index (χ0n) is 11.5. The summed E-state index contributed by atoms with van der Waals surface area (Å²) in [5.41, 5.74) is 7.15. The van der Waals surface area contributed by atoms with E-state index in [0.717, 1.165) is 38.2 Å². The van der Waals surface area contributed by atoms with Gasteiger partial charge in [0.2, 0.25) is 0 Å². The van der Waals surface area contributed by atoms with E-state index in [1.165, 1.54) is 24.3 Å². The van der Waals surface area contributed by atoms with Crippen molar-refractivity contribution in [3.63, 3.8) is 0 Å². The molecule has 0 bridgehead atoms. The highest BCUT2D eigenvalue weighted by Crippen LogP contribution is 2.11. The molecule has 1 fully saturated rings. The number of aliphatic imine (C=N–C) groups is 1. The summed E-state index contributed by atoms with van der Waals surface area (Å²) < 4.78 is 0. The summed E-state index contributed by atoms with van der Waals surface area (Å²) >= 11 is 1.74. The predicted molar refractivity (Wildman–Crippen MR) is 92.5 cm³/mol. The van der Waals surface area contributed by atoms with E-state index in [4.69, 9.17) is 5.73 Å². The van der Waals surface area contributed by atoms with Crippen molar-refractivity contribution in [3.05, 3.63) is 16.1 Å². The number of aromatic nitrogens is 1. The monoisotopic (exact) mass is 394 g/mol. The minimum absolute atomic E-state index is 0. The first kappa shape index (κ1) is 16.7. The molecule has 1 aromatic rings. The van der Waals surface area contributed by atoms with Crippen LogP contribution in [0, 0.1) is 0 Å². The Balaban J connectivity index is 0.00000180. The first-order valence-corrected chi connectivity index (χ1v) is 7.65. The van der Waals surface area contributed by atoms with E-state index in [1.807, 2.05) is 0 Å². The van der Waals surface area contributed by atoms with Crippen molar-refractivity contribution in [1.29, 1.82) is 0 Å². The van der Waals surface area contributed by atoms with Gasteiger partial charge in [-0.1, -0.05) is 6.92 Å². The van der Waals surface area contributed by atoms with E-state index < -0.39 is 0 Å². The van der Waals surface area contributed by atoms with Crippen LogP contribution in [0.25, 0.3) is 0 Å². The summed E-state index contributed by atoms with van der Waals surface area (Å²) in [5, 5.41) is 3.34. The molecule has 0 aliphatic carbocycles. The number of piperidine rings is 1. The van der Waals surface area contributed by atoms with Gasteiger partial charge in [-0.2, -0.15) is 0 Å². The Morgan fingerprint density at radius 3 is 2.79 bits per heavy atom. The van der Waals surface area contributed by atoms with E-state index in [1.54, 1.807) is 11.3 Å². The van der Waals surface area contributed by atoms with Crippen LogP contribution in [0.15, 0.2) is 10.4 Å². The molecule has 0 aromatic carbocycles. The maximum absolute atomic E-state index is 6.00. The van der Waals surface area contributed by atoms with Crippen LogP contribution in [0.4, 0.5) is 0 Å². The van der Waals surface area contributed by atoms with E-state index in [0.29, 0.717) is 5.96 Å². The molecule has 1 aliphatic heterocycles. The lowest BCUT2D eigenvalue weighted by Crippen LogP contribution is -2.41. The molecule has 1 aliphatic rings. The second-order valence-corrected chi connectivity index (χ2v) is 5.57. The topological polar surface area (TPSA) is 54.5 Å². The van der Waals surface area contributed by atoms with Crippen LogP contribution in [0.2, 0.25) is 0 Å². The van der Waals surface area contributed by atoms with Crippen molar-refractivity contribution in [1.82, 2.24) is 9.88 Å². The molecule has 1 saturated heterocycles. The number of nitrogens with two attached hydrogens (primary N) is 1. The Hall–Kier alpha value is -0.370. The second kappa shape index (κ2) is 8.73. The first-order valence-electron chi connectivity index (χ1n) is 6.77. The van der Waals surface area contributed by atoms with E-state index >= 15 is 0 Å². The van der Waals surface area contributed by atoms with Crippen molar-refractivity contribution >= 4 is 41.3 Å². The molecule has 108 valence electrons. The number of thiazole rings is 1. The Morgan fingerprint density at radius 1 is 1.42 bits per heavy atom. The van der Waals surface area contributed by atoms with Gasteiger partial charge in [0, 0.05) is 31.4 Å². The summed E-state index contributed by atoms with van der Waals surface area (Å²) in [5.74, 6) is 0.709. The average molecular weight is 394 g/mol. The van der Waals surface area contributed by atoms with Crippen LogP contribution in [0.5, 0.6) is 0 Å². The number of guanidine groups is 1. The summed E-state index contributed by atoms with van der Waals surface area (Å²) in [6, 6.07) is 0. The van der Waals surface area contributed by atoms with Gasteiger partial charge in [-0.15, -0.1) is 35.3 Å². The highest BCUT2D eigenvalue weighted by atomic mass is 127. The molecule has 0 radical (unpaired) electrons. The van der Waals surface area contributed by atoms with Crippen molar-refractivity contribution in [3.8, 4) is 0 Å². The van der Waals surface area contributed by atoms with Gasteiger partial charge in [0.1, 0.15) is 0 Å². The number of likely N-dealkylation sites (tertiary alicyclic amines) is 1. The average Bonchev–Trinajstić information content (AvgIpc) is 2.87. The molecule has 6 heteroatoms. The predicted octanol–water partition coefficient (Wildman–Crippen LogP) is 2.67. The van der Waals surface area contributed by atoms with Gasteiger partial charge in [-0.05, 0) is 25.7 Å². The maximum atomic E-state index is 6.00. The zero-order chi connectivity index (χ0) is 12.8. The van der Waals surface area contributed by atoms with Crippen LogP contribution in [-0.4, -0.2) is 35.5 Å². The van der Waals surface area contributed by atoms with Crippen molar-refractivity contribution < 1.29 is 0 Å². The smallest absolute Gasteiger partial charge is 0.191 e. The lowest BCUT2D eigenvalue weighted by Gasteiger charge is -2.27. The Bertz CT molecular complexity index is 399. The molecule has 19 heavy (non-hydrogen) atoms. The molecule has 2 heterocycles. The largest absolute Gasteiger partial charge is 0.370 e. The molecular formula is C13H23IN4S. The van der Waals surface area contributed by atoms with Gasteiger partial charge < -0.3 is 10.6 Å². The van der Waals surface area contributed by atoms with Gasteiger partial charge in [-0.3, -0.25) is 4.99 Å². The van der Waals surface area contributed by atoms with Crippen molar-refractivity contribution in [2.45, 2.75) is 39.0 Å². The molecule has 1 aromatic heterocycles. The minimum atomic E-state index is 0. The van der Waals surface area contributed by atoms with Crippen LogP contribution in [-0.2, 0) is 12.8 Å². The van der Waals surface area contributed by atoms with Gasteiger partial charge in [0.25, 0.3) is 0 Å². The lowest BCUT2D eigenvalue weighted by atomic mass is 10.1. The quantitative estimate of drug-likeness (QED) is 0.485. The van der Waals surface area contributed by atoms with Gasteiger partial charge in [0.15, 0.2) is 5.96 Å². The molecule has 0 saturated carbocycles. The SMILES string of the molecule is CCc1nc(CCN=C(N)N2CCCCC2)cs1.I. The summed E-state index contributed by atoms with van der Waals surface area (Å²) in [7, 11) is 0. The number of aryl methyl sites for hydroxylation is 1. The molecular weight excluding hydrogens is 371 g/mol. The van der Waals surface area contributed by atoms with Crippen LogP contribution >= 0.6 is 35.3 Å². The second-order valence-electron chi connectivity index (χ2n) is 4.62. The minimum Gasteiger partial charge on any atom is -0.370 e. The fourth-order valence-electron chi connectivity index (χ4n) is 2.13. The molecule has 0 amide bonds. The number of halogens is 1. The third-order valence-corrected chi connectivity index (χ3v) is 4.27. The number of rotatable bonds is 4. The van der Waals surface area contributed by atoms with Crippen molar-refractivity contribution in [2.75, 3.05) is 19.6 Å². The fraction of sp³-hybridized carbons (Fsp3) is 0.692. The molecule has 0 unspecified atom stereocenters. The first-order chi connectivity index (χ1) is 8.79. The molecule has 2 N–H and O–H groups in total. The number of hydrogen-bond donors (Lipinski definition) is 1. The standard InChI is InChI=1S/C13H22N4S.HI/c1-2-12-16-11(10-18-12)6-7-15-13(14)17-8-4-3-5-9-17;/h10H,2-9H2,1H3,(H2,14,15);1H. The van der Waals surface area contributed by atoms with Gasteiger partial charge in [-0.25, -0.2) is 4.98 Å². The number of nitrogens with zero attached hydrogens (tertiary/aromatic N) is 3. The third kappa shape index (κ3) is 5.25. The maximum Gasteiger partial charge on any atom is 0.191 e. The summed E-state index contributed by atoms with van der Waals surface area (Å²) in [6.45, 7) is 5.00. The van der Waals surface area contributed by atoms with Crippen LogP contribution in [0.3, 0.4) is 0 Å². The Labute approximate surface area is 136 Å². The molecule has 0 spiro atoms. The van der Waals surface area contributed by atoms with Gasteiger partial charge >= 0.3 is 0 Å². The van der Waals surface area contributed by atoms with Crippen LogP contribution in [0.1, 0.15) is 36.9 Å². The summed E-state index contributed by atoms with van der Waals surface area (Å²) in [6.07, 6.45) is 5.71. The Morgan fingerprint density at radius 2 is 2.16 bits per heavy atom. The summed E-state index contributed by atoms with van der Waals surface area (Å²) in [4.78, 5) is 11.2. The van der Waals surface area contributed by atoms with Crippen molar-refractivity contribution in [2.24, 2.45) is 10.7 Å². The highest BCUT2D eigenvalue weighted by Gasteiger charge is 2.11. The lowest BCUT2D eigenvalue weighted by molar-refractivity contribution is 0.338. The number of hydrogen-bond acceptors (Lipinski definition) is 3. The van der Waals surface area contributed by atoms with E-state index in [2.05, 4.69) is 27.2 Å². The molecule has 2 rings (SSSR count). The Kier molecular flexibility index (Phi) is 7.67. The van der Waals surface area contributed by atoms with E-state index in [9.17, 15) is 0 Å². The molecule has 4 nitrogen and oxygen atoms in total. The normalized spacial score (nSPS) is 16.3. The molecule has 0 atom stereocenters. The zero-order valence-corrected chi connectivity index (χ0v) is 14.6.